The van der Waals surface area contributed by atoms with Crippen LogP contribution in [0.2, 0.25) is 0 Å². The second-order valence-electron chi connectivity index (χ2n) is 4.86. The Morgan fingerprint density at radius 1 is 0.900 bits per heavy atom. The smallest absolute Gasteiger partial charge is 0.870 e. The number of hydrogen-bond donors (Lipinski definition) is 8. The third kappa shape index (κ3) is 9.69. The van der Waals surface area contributed by atoms with Crippen LogP contribution < -0.4 is 69.3 Å². The number of rotatable bonds is 4. The van der Waals surface area contributed by atoms with Crippen LogP contribution in [0.3, 0.4) is 0 Å². The number of aliphatic hydroxyl groups is 7. The zero-order valence-corrected chi connectivity index (χ0v) is 19.7. The van der Waals surface area contributed by atoms with Gasteiger partial charge in [-0.2, -0.15) is 0 Å². The zero-order chi connectivity index (χ0) is 22.2. The molecule has 0 amide bonds. The molecule has 0 radical (unpaired) electrons. The Morgan fingerprint density at radius 3 is 1.50 bits per heavy atom. The summed E-state index contributed by atoms with van der Waals surface area (Å²) in [6.07, 6.45) is -7.81. The first-order valence-corrected chi connectivity index (χ1v) is 7.00. The minimum Gasteiger partial charge on any atom is -0.870 e. The van der Waals surface area contributed by atoms with Crippen LogP contribution in [0.4, 0.5) is 4.79 Å². The van der Waals surface area contributed by atoms with Gasteiger partial charge < -0.3 is 65.3 Å². The number of aliphatic hydroxyl groups excluding tert-OH is 7. The quantitative estimate of drug-likeness (QED) is 0.143. The van der Waals surface area contributed by atoms with E-state index in [-0.39, 0.29) is 59.1 Å². The summed E-state index contributed by atoms with van der Waals surface area (Å²) in [6, 6.07) is 0. The first-order valence-electron chi connectivity index (χ1n) is 7.00. The van der Waals surface area contributed by atoms with E-state index >= 15 is 0 Å². The van der Waals surface area contributed by atoms with Gasteiger partial charge in [-0.1, -0.05) is 0 Å². The van der Waals surface area contributed by atoms with Crippen LogP contribution in [0.15, 0.2) is 23.0 Å². The maximum absolute atomic E-state index is 10.8. The van der Waals surface area contributed by atoms with Crippen LogP contribution >= 0.6 is 0 Å². The number of cyclic esters (lactones) is 2. The Bertz CT molecular complexity index is 607. The van der Waals surface area contributed by atoms with Crippen molar-refractivity contribution in [2.24, 2.45) is 0 Å². The topological polar surface area (TPSA) is 278 Å². The predicted molar refractivity (Wildman–Crippen MR) is 75.9 cm³/mol. The van der Waals surface area contributed by atoms with Gasteiger partial charge in [-0.05, 0) is 5.76 Å². The Balaban J connectivity index is -0.000000391. The zero-order valence-electron chi connectivity index (χ0n) is 15.7. The molecule has 0 aromatic carbocycles. The molecule has 0 spiro atoms. The summed E-state index contributed by atoms with van der Waals surface area (Å²) < 4.78 is 8.57. The molecule has 2 heterocycles. The maximum atomic E-state index is 10.8. The monoisotopic (exact) mass is 458 g/mol. The number of hydrogen-bond acceptors (Lipinski definition) is 14. The third-order valence-electron chi connectivity index (χ3n) is 2.93. The summed E-state index contributed by atoms with van der Waals surface area (Å²) in [5, 5.41) is 87.1. The van der Waals surface area contributed by atoms with Gasteiger partial charge in [0.25, 0.3) is 0 Å². The minimum absolute atomic E-state index is 0. The molecule has 0 bridgehead atoms. The van der Waals surface area contributed by atoms with Gasteiger partial charge in [0.2, 0.25) is 11.9 Å². The predicted octanol–water partition coefficient (Wildman–Crippen LogP) is -11.1. The van der Waals surface area contributed by atoms with E-state index < -0.39 is 78.8 Å². The Labute approximate surface area is 211 Å². The fourth-order valence-corrected chi connectivity index (χ4v) is 1.63. The van der Waals surface area contributed by atoms with Gasteiger partial charge in [-0.3, -0.25) is 0 Å². The van der Waals surface area contributed by atoms with E-state index in [0.717, 1.165) is 0 Å². The molecule has 2 aliphatic rings. The van der Waals surface area contributed by atoms with Crippen molar-refractivity contribution in [2.45, 2.75) is 24.4 Å². The van der Waals surface area contributed by atoms with E-state index in [4.69, 9.17) is 50.8 Å². The van der Waals surface area contributed by atoms with Crippen LogP contribution in [-0.2, 0) is 19.1 Å². The van der Waals surface area contributed by atoms with E-state index in [2.05, 4.69) is 9.47 Å². The number of carbonyl (C=O) groups excluding carboxylic acids is 2. The molecule has 0 fully saturated rings. The number of carbonyl (C=O) groups is 3. The van der Waals surface area contributed by atoms with Crippen molar-refractivity contribution < 1.29 is 134 Å². The Kier molecular flexibility index (Phi) is 17.3. The fraction of sp³-hybridized carbons (Fsp3) is 0.462. The molecule has 160 valence electrons. The van der Waals surface area contributed by atoms with Crippen molar-refractivity contribution >= 4 is 18.1 Å². The molecule has 17 heteroatoms. The second-order valence-corrected chi connectivity index (χ2v) is 4.86. The van der Waals surface area contributed by atoms with Gasteiger partial charge in [-0.25, -0.2) is 9.59 Å². The average molecular weight is 458 g/mol. The summed E-state index contributed by atoms with van der Waals surface area (Å²) in [4.78, 5) is 29.5. The third-order valence-corrected chi connectivity index (χ3v) is 2.93. The van der Waals surface area contributed by atoms with Crippen molar-refractivity contribution in [2.75, 3.05) is 13.2 Å². The minimum atomic E-state index is -2.08. The normalized spacial score (nSPS) is 21.5. The molecule has 0 saturated heterocycles. The maximum Gasteiger partial charge on any atom is 1.00 e. The largest absolute Gasteiger partial charge is 1.00 e. The average Bonchev–Trinajstić information content (AvgIpc) is 3.05. The van der Waals surface area contributed by atoms with Crippen molar-refractivity contribution in [3.05, 3.63) is 23.0 Å². The fourth-order valence-electron chi connectivity index (χ4n) is 1.63. The molecule has 0 aliphatic carbocycles. The number of ether oxygens (including phenoxy) is 2. The number of esters is 2. The van der Waals surface area contributed by atoms with Gasteiger partial charge in [0.05, 0.1) is 13.2 Å². The molecule has 4 atom stereocenters. The number of carboxylic acid groups (broad SMARTS) is 2. The Hall–Kier alpha value is -1.27. The van der Waals surface area contributed by atoms with E-state index in [1.165, 1.54) is 0 Å². The van der Waals surface area contributed by atoms with E-state index in [1.807, 2.05) is 0 Å². The summed E-state index contributed by atoms with van der Waals surface area (Å²) in [5.41, 5.74) is 0. The molecule has 2 aliphatic heterocycles. The van der Waals surface area contributed by atoms with Gasteiger partial charge in [0.1, 0.15) is 18.3 Å². The van der Waals surface area contributed by atoms with E-state index in [0.29, 0.717) is 0 Å². The van der Waals surface area contributed by atoms with Crippen LogP contribution in [0.5, 0.6) is 0 Å². The van der Waals surface area contributed by atoms with Gasteiger partial charge in [0.15, 0.2) is 17.6 Å². The Morgan fingerprint density at radius 2 is 1.23 bits per heavy atom. The van der Waals surface area contributed by atoms with Gasteiger partial charge >= 0.3 is 71.1 Å². The van der Waals surface area contributed by atoms with Crippen molar-refractivity contribution in [3.63, 3.8) is 0 Å². The molecule has 0 aromatic rings. The summed E-state index contributed by atoms with van der Waals surface area (Å²) in [5.74, 6) is -5.98. The van der Waals surface area contributed by atoms with Gasteiger partial charge in [-0.15, -0.1) is 0 Å². The molecule has 0 unspecified atom stereocenters. The molecule has 0 aromatic heterocycles. The van der Waals surface area contributed by atoms with Crippen molar-refractivity contribution in [1.29, 1.82) is 0 Å². The molecular weight excluding hydrogens is 442 g/mol. The SMILES string of the molecule is O=C([O-])O.O=C1O[C@H]([C@@H](O)CO)C(O)=C1O.O=C1O[C@H]([C@@H](O)CO)C([O-])=C1O.[Na+].[Na+]. The first kappa shape index (κ1) is 33.4. The van der Waals surface area contributed by atoms with Gasteiger partial charge in [0, 0.05) is 0 Å². The van der Waals surface area contributed by atoms with Crippen LogP contribution in [0.1, 0.15) is 0 Å². The van der Waals surface area contributed by atoms with Crippen LogP contribution in [-0.4, -0.2) is 96.6 Å². The van der Waals surface area contributed by atoms with Crippen molar-refractivity contribution in [1.82, 2.24) is 0 Å². The first-order chi connectivity index (χ1) is 12.9. The summed E-state index contributed by atoms with van der Waals surface area (Å²) in [6.45, 7) is -1.38. The summed E-state index contributed by atoms with van der Waals surface area (Å²) in [7, 11) is 0. The molecule has 8 N–H and O–H groups in total. The van der Waals surface area contributed by atoms with Crippen molar-refractivity contribution in [3.8, 4) is 0 Å². The summed E-state index contributed by atoms with van der Waals surface area (Å²) >= 11 is 0. The van der Waals surface area contributed by atoms with Crippen LogP contribution in [0, 0.1) is 0 Å². The molecule has 0 saturated carbocycles. The molecule has 2 rings (SSSR count). The standard InChI is InChI=1S/2C6H8O6.CH2O3.2Na/c2*7-1-2(8)5-3(9)4(10)6(11)12-5;2-1(3)4;;/h2*2,5,7-10H,1H2;(H2,2,3,4);;/q;;;2*+1/p-2/t2*2-,5+;;;/m00.../s1. The van der Waals surface area contributed by atoms with E-state index in [9.17, 15) is 14.7 Å². The molecular formula is C13H16Na2O15. The molecule has 15 nitrogen and oxygen atoms in total. The molecule has 30 heavy (non-hydrogen) atoms. The van der Waals surface area contributed by atoms with E-state index in [1.54, 1.807) is 0 Å². The van der Waals surface area contributed by atoms with Crippen LogP contribution in [0.25, 0.3) is 0 Å². The second kappa shape index (κ2) is 15.5.